The van der Waals surface area contributed by atoms with Gasteiger partial charge in [-0.15, -0.1) is 0 Å². The van der Waals surface area contributed by atoms with Crippen LogP contribution in [0.2, 0.25) is 5.02 Å². The minimum absolute atomic E-state index is 0.0257. The molecule has 6 nitrogen and oxygen atoms in total. The highest BCUT2D eigenvalue weighted by Gasteiger charge is 2.24. The summed E-state index contributed by atoms with van der Waals surface area (Å²) < 4.78 is 45.9. The number of halogens is 2. The van der Waals surface area contributed by atoms with E-state index in [0.717, 1.165) is 12.1 Å². The first-order valence-electron chi connectivity index (χ1n) is 9.17. The Morgan fingerprint density at radius 1 is 1.17 bits per heavy atom. The second kappa shape index (κ2) is 9.56. The summed E-state index contributed by atoms with van der Waals surface area (Å²) in [7, 11) is -3.73. The Balaban J connectivity index is 2.48. The molecule has 0 bridgehead atoms. The van der Waals surface area contributed by atoms with E-state index in [1.54, 1.807) is 13.8 Å². The highest BCUT2D eigenvalue weighted by molar-refractivity contribution is 7.89. The zero-order valence-corrected chi connectivity index (χ0v) is 18.3. The van der Waals surface area contributed by atoms with Gasteiger partial charge in [-0.3, -0.25) is 4.79 Å². The summed E-state index contributed by atoms with van der Waals surface area (Å²) in [4.78, 5) is 12.7. The van der Waals surface area contributed by atoms with Gasteiger partial charge in [0.15, 0.2) is 0 Å². The molecule has 0 radical (unpaired) electrons. The normalized spacial score (nSPS) is 11.7. The molecule has 9 heteroatoms. The smallest absolute Gasteiger partial charge is 0.257 e. The van der Waals surface area contributed by atoms with Gasteiger partial charge in [0.2, 0.25) is 10.0 Å². The predicted molar refractivity (Wildman–Crippen MR) is 112 cm³/mol. The summed E-state index contributed by atoms with van der Waals surface area (Å²) in [5, 5.41) is 2.57. The lowest BCUT2D eigenvalue weighted by Crippen LogP contribution is -2.30. The van der Waals surface area contributed by atoms with E-state index in [4.69, 9.17) is 16.3 Å². The molecule has 0 atom stereocenters. The molecule has 1 amide bonds. The molecular formula is C20H24ClFN2O4S. The molecule has 0 unspecified atom stereocenters. The third kappa shape index (κ3) is 5.46. The number of anilines is 1. The van der Waals surface area contributed by atoms with Crippen LogP contribution in [-0.4, -0.2) is 37.8 Å². The number of benzene rings is 2. The number of rotatable bonds is 8. The number of carbonyl (C=O) groups is 1. The fraction of sp³-hybridized carbons (Fsp3) is 0.350. The van der Waals surface area contributed by atoms with Crippen molar-refractivity contribution in [3.05, 3.63) is 52.8 Å². The van der Waals surface area contributed by atoms with Crippen LogP contribution in [0.5, 0.6) is 5.75 Å². The van der Waals surface area contributed by atoms with Crippen LogP contribution < -0.4 is 10.1 Å². The second-order valence-electron chi connectivity index (χ2n) is 6.49. The fourth-order valence-corrected chi connectivity index (χ4v) is 4.44. The first kappa shape index (κ1) is 23.1. The number of hydrogen-bond donors (Lipinski definition) is 1. The van der Waals surface area contributed by atoms with Gasteiger partial charge in [-0.1, -0.05) is 25.4 Å². The Morgan fingerprint density at radius 3 is 2.38 bits per heavy atom. The fourth-order valence-electron chi connectivity index (χ4n) is 2.70. The third-order valence-electron chi connectivity index (χ3n) is 4.08. The van der Waals surface area contributed by atoms with Crippen molar-refractivity contribution < 1.29 is 22.3 Å². The zero-order valence-electron chi connectivity index (χ0n) is 16.7. The molecule has 29 heavy (non-hydrogen) atoms. The van der Waals surface area contributed by atoms with Gasteiger partial charge >= 0.3 is 0 Å². The summed E-state index contributed by atoms with van der Waals surface area (Å²) in [5.74, 6) is -0.867. The van der Waals surface area contributed by atoms with Gasteiger partial charge in [-0.2, -0.15) is 4.31 Å². The van der Waals surface area contributed by atoms with E-state index in [2.05, 4.69) is 5.32 Å². The van der Waals surface area contributed by atoms with Crippen molar-refractivity contribution in [1.82, 2.24) is 4.31 Å². The Bertz CT molecular complexity index is 992. The quantitative estimate of drug-likeness (QED) is 0.650. The molecule has 1 N–H and O–H groups in total. The number of amides is 1. The van der Waals surface area contributed by atoms with Crippen molar-refractivity contribution in [3.8, 4) is 5.75 Å². The van der Waals surface area contributed by atoms with Crippen molar-refractivity contribution in [3.63, 3.8) is 0 Å². The monoisotopic (exact) mass is 442 g/mol. The molecule has 0 saturated heterocycles. The van der Waals surface area contributed by atoms with Crippen LogP contribution in [0.25, 0.3) is 0 Å². The maximum atomic E-state index is 13.3. The van der Waals surface area contributed by atoms with Gasteiger partial charge in [0.25, 0.3) is 5.91 Å². The topological polar surface area (TPSA) is 75.7 Å². The van der Waals surface area contributed by atoms with Gasteiger partial charge in [0.1, 0.15) is 11.6 Å². The van der Waals surface area contributed by atoms with Gasteiger partial charge in [-0.05, 0) is 50.2 Å². The molecule has 2 rings (SSSR count). The highest BCUT2D eigenvalue weighted by atomic mass is 35.5. The molecule has 0 fully saturated rings. The summed E-state index contributed by atoms with van der Waals surface area (Å²) in [5.41, 5.74) is 0.234. The van der Waals surface area contributed by atoms with E-state index in [0.29, 0.717) is 18.8 Å². The van der Waals surface area contributed by atoms with E-state index in [1.807, 2.05) is 13.8 Å². The summed E-state index contributed by atoms with van der Waals surface area (Å²) in [6, 6.07) is 7.69. The van der Waals surface area contributed by atoms with E-state index < -0.39 is 21.7 Å². The minimum Gasteiger partial charge on any atom is -0.489 e. The second-order valence-corrected chi connectivity index (χ2v) is 8.84. The Labute approximate surface area is 175 Å². The van der Waals surface area contributed by atoms with Crippen LogP contribution in [0.3, 0.4) is 0 Å². The highest BCUT2D eigenvalue weighted by Crippen LogP contribution is 2.31. The minimum atomic E-state index is -3.73. The molecule has 0 aliphatic carbocycles. The number of nitrogens with one attached hydrogen (secondary N) is 1. The summed E-state index contributed by atoms with van der Waals surface area (Å²) in [6.45, 7) is 7.74. The lowest BCUT2D eigenvalue weighted by Gasteiger charge is -2.20. The molecule has 158 valence electrons. The van der Waals surface area contributed by atoms with Crippen LogP contribution in [-0.2, 0) is 10.0 Å². The van der Waals surface area contributed by atoms with E-state index in [-0.39, 0.29) is 27.3 Å². The average Bonchev–Trinajstić information content (AvgIpc) is 2.63. The van der Waals surface area contributed by atoms with E-state index in [9.17, 15) is 17.6 Å². The van der Waals surface area contributed by atoms with Crippen LogP contribution >= 0.6 is 11.6 Å². The number of ether oxygens (including phenoxy) is 1. The van der Waals surface area contributed by atoms with Crippen LogP contribution in [0, 0.1) is 5.82 Å². The molecule has 0 spiro atoms. The Morgan fingerprint density at radius 2 is 1.83 bits per heavy atom. The molecule has 2 aromatic carbocycles. The Hall–Kier alpha value is -2.16. The molecule has 0 aliphatic rings. The largest absolute Gasteiger partial charge is 0.489 e. The van der Waals surface area contributed by atoms with Crippen LogP contribution in [0.4, 0.5) is 10.1 Å². The van der Waals surface area contributed by atoms with Gasteiger partial charge in [0, 0.05) is 13.1 Å². The maximum absolute atomic E-state index is 13.3. The van der Waals surface area contributed by atoms with Crippen LogP contribution in [0.15, 0.2) is 41.3 Å². The molecule has 0 aliphatic heterocycles. The molecule has 0 heterocycles. The first-order chi connectivity index (χ1) is 13.6. The standard InChI is InChI=1S/C20H24ClFN2O4S/c1-5-24(6-2)29(26,27)15-8-10-19(28-13(3)4)18(12-15)23-20(25)16-9-7-14(22)11-17(16)21/h7-13H,5-6H2,1-4H3,(H,23,25). The molecule has 0 saturated carbocycles. The number of sulfonamides is 1. The maximum Gasteiger partial charge on any atom is 0.257 e. The predicted octanol–water partition coefficient (Wildman–Crippen LogP) is 4.55. The molecule has 2 aromatic rings. The van der Waals surface area contributed by atoms with Crippen molar-refractivity contribution in [2.75, 3.05) is 18.4 Å². The third-order valence-corrected chi connectivity index (χ3v) is 6.44. The van der Waals surface area contributed by atoms with Gasteiger partial charge in [-0.25, -0.2) is 12.8 Å². The van der Waals surface area contributed by atoms with E-state index >= 15 is 0 Å². The zero-order chi connectivity index (χ0) is 21.8. The number of carbonyl (C=O) groups excluding carboxylic acids is 1. The van der Waals surface area contributed by atoms with Crippen molar-refractivity contribution >= 4 is 33.2 Å². The van der Waals surface area contributed by atoms with Crippen molar-refractivity contribution in [1.29, 1.82) is 0 Å². The Kier molecular flexibility index (Phi) is 7.62. The van der Waals surface area contributed by atoms with Crippen LogP contribution in [0.1, 0.15) is 38.1 Å². The van der Waals surface area contributed by atoms with Crippen molar-refractivity contribution in [2.24, 2.45) is 0 Å². The molecule has 0 aromatic heterocycles. The van der Waals surface area contributed by atoms with Gasteiger partial charge in [0.05, 0.1) is 27.3 Å². The van der Waals surface area contributed by atoms with Gasteiger partial charge < -0.3 is 10.1 Å². The lowest BCUT2D eigenvalue weighted by molar-refractivity contribution is 0.102. The van der Waals surface area contributed by atoms with E-state index in [1.165, 1.54) is 28.6 Å². The first-order valence-corrected chi connectivity index (χ1v) is 11.0. The number of hydrogen-bond acceptors (Lipinski definition) is 4. The average molecular weight is 443 g/mol. The lowest BCUT2D eigenvalue weighted by atomic mass is 10.2. The SMILES string of the molecule is CCN(CC)S(=O)(=O)c1ccc(OC(C)C)c(NC(=O)c2ccc(F)cc2Cl)c1. The van der Waals surface area contributed by atoms with Crippen molar-refractivity contribution in [2.45, 2.75) is 38.7 Å². The summed E-state index contributed by atoms with van der Waals surface area (Å²) >= 11 is 5.96. The molecular weight excluding hydrogens is 419 g/mol. The summed E-state index contributed by atoms with van der Waals surface area (Å²) in [6.07, 6.45) is -0.203. The number of nitrogens with zero attached hydrogens (tertiary/aromatic N) is 1.